The van der Waals surface area contributed by atoms with Crippen LogP contribution in [0.5, 0.6) is 0 Å². The summed E-state index contributed by atoms with van der Waals surface area (Å²) in [6.45, 7) is 1.51. The van der Waals surface area contributed by atoms with Gasteiger partial charge in [0.05, 0.1) is 30.7 Å². The van der Waals surface area contributed by atoms with Gasteiger partial charge in [-0.2, -0.15) is 13.2 Å². The second-order valence-electron chi connectivity index (χ2n) is 4.78. The van der Waals surface area contributed by atoms with Crippen LogP contribution in [0.25, 0.3) is 0 Å². The number of imidazole rings is 1. The molecule has 2 aromatic rings. The minimum Gasteiger partial charge on any atom is -0.330 e. The molecule has 0 spiro atoms. The Morgan fingerprint density at radius 1 is 1.25 bits per heavy atom. The monoisotopic (exact) mass is 283 g/mol. The van der Waals surface area contributed by atoms with E-state index in [9.17, 15) is 13.2 Å². The summed E-state index contributed by atoms with van der Waals surface area (Å²) in [5, 5.41) is 0. The van der Waals surface area contributed by atoms with Crippen molar-refractivity contribution >= 4 is 0 Å². The van der Waals surface area contributed by atoms with Crippen LogP contribution < -0.4 is 5.73 Å². The van der Waals surface area contributed by atoms with Crippen LogP contribution in [0, 0.1) is 0 Å². The van der Waals surface area contributed by atoms with Crippen molar-refractivity contribution in [2.24, 2.45) is 5.73 Å². The fourth-order valence-corrected chi connectivity index (χ4v) is 2.19. The number of alkyl halides is 3. The van der Waals surface area contributed by atoms with Gasteiger partial charge in [0, 0.05) is 6.04 Å². The second kappa shape index (κ2) is 5.66. The number of aromatic nitrogens is 2. The van der Waals surface area contributed by atoms with Crippen LogP contribution in [0.3, 0.4) is 0 Å². The second-order valence-corrected chi connectivity index (χ2v) is 4.78. The summed E-state index contributed by atoms with van der Waals surface area (Å²) >= 11 is 0. The molecule has 1 heterocycles. The third-order valence-electron chi connectivity index (χ3n) is 3.18. The maximum Gasteiger partial charge on any atom is 0.391 e. The Bertz CT molecular complexity index is 548. The van der Waals surface area contributed by atoms with E-state index < -0.39 is 24.7 Å². The van der Waals surface area contributed by atoms with Crippen molar-refractivity contribution in [3.05, 3.63) is 54.1 Å². The van der Waals surface area contributed by atoms with Gasteiger partial charge in [0.25, 0.3) is 0 Å². The summed E-state index contributed by atoms with van der Waals surface area (Å²) in [6.07, 6.45) is -2.20. The van der Waals surface area contributed by atoms with Gasteiger partial charge >= 0.3 is 6.18 Å². The van der Waals surface area contributed by atoms with E-state index in [1.807, 2.05) is 30.3 Å². The van der Waals surface area contributed by atoms with E-state index in [0.717, 1.165) is 5.56 Å². The molecule has 0 saturated carbocycles. The summed E-state index contributed by atoms with van der Waals surface area (Å²) in [5.74, 6) is 0. The highest BCUT2D eigenvalue weighted by atomic mass is 19.4. The van der Waals surface area contributed by atoms with E-state index in [-0.39, 0.29) is 0 Å². The normalized spacial score (nSPS) is 15.1. The molecule has 20 heavy (non-hydrogen) atoms. The lowest BCUT2D eigenvalue weighted by Crippen LogP contribution is -2.21. The van der Waals surface area contributed by atoms with Crippen molar-refractivity contribution in [2.75, 3.05) is 0 Å². The predicted octanol–water partition coefficient (Wildman–Crippen LogP) is 3.44. The summed E-state index contributed by atoms with van der Waals surface area (Å²) in [7, 11) is 0. The van der Waals surface area contributed by atoms with Gasteiger partial charge in [-0.3, -0.25) is 0 Å². The number of hydrogen-bond acceptors (Lipinski definition) is 2. The Morgan fingerprint density at radius 2 is 1.90 bits per heavy atom. The highest BCUT2D eigenvalue weighted by Gasteiger charge is 2.31. The van der Waals surface area contributed by atoms with E-state index >= 15 is 0 Å². The fourth-order valence-electron chi connectivity index (χ4n) is 2.19. The molecule has 0 bridgehead atoms. The highest BCUT2D eigenvalue weighted by molar-refractivity contribution is 5.26. The van der Waals surface area contributed by atoms with Gasteiger partial charge in [-0.05, 0) is 12.5 Å². The molecule has 3 nitrogen and oxygen atoms in total. The van der Waals surface area contributed by atoms with Gasteiger partial charge in [0.15, 0.2) is 0 Å². The van der Waals surface area contributed by atoms with E-state index in [2.05, 4.69) is 4.98 Å². The van der Waals surface area contributed by atoms with E-state index in [1.165, 1.54) is 24.0 Å². The van der Waals surface area contributed by atoms with Gasteiger partial charge in [-0.15, -0.1) is 0 Å². The van der Waals surface area contributed by atoms with Gasteiger partial charge < -0.3 is 10.3 Å². The first-order valence-electron chi connectivity index (χ1n) is 6.27. The first-order chi connectivity index (χ1) is 9.38. The average molecular weight is 283 g/mol. The highest BCUT2D eigenvalue weighted by Crippen LogP contribution is 2.30. The minimum absolute atomic E-state index is 0.491. The van der Waals surface area contributed by atoms with Crippen molar-refractivity contribution in [1.82, 2.24) is 9.55 Å². The van der Waals surface area contributed by atoms with Crippen molar-refractivity contribution in [3.8, 4) is 0 Å². The lowest BCUT2D eigenvalue weighted by molar-refractivity contribution is -0.141. The molecule has 0 aliphatic heterocycles. The zero-order valence-corrected chi connectivity index (χ0v) is 11.0. The topological polar surface area (TPSA) is 43.8 Å². The minimum atomic E-state index is -4.21. The lowest BCUT2D eigenvalue weighted by atomic mass is 10.0. The summed E-state index contributed by atoms with van der Waals surface area (Å²) < 4.78 is 39.0. The molecular weight excluding hydrogens is 267 g/mol. The van der Waals surface area contributed by atoms with Crippen LogP contribution in [0.15, 0.2) is 42.9 Å². The maximum absolute atomic E-state index is 12.5. The van der Waals surface area contributed by atoms with E-state index in [0.29, 0.717) is 5.69 Å². The number of hydrogen-bond donors (Lipinski definition) is 1. The zero-order valence-electron chi connectivity index (χ0n) is 11.0. The Kier molecular flexibility index (Phi) is 4.13. The fraction of sp³-hybridized carbons (Fsp3) is 0.357. The molecule has 2 unspecified atom stereocenters. The Labute approximate surface area is 115 Å². The zero-order chi connectivity index (χ0) is 14.8. The van der Waals surface area contributed by atoms with Crippen LogP contribution in [-0.2, 0) is 0 Å². The third kappa shape index (κ3) is 3.39. The maximum atomic E-state index is 12.5. The van der Waals surface area contributed by atoms with Crippen molar-refractivity contribution in [1.29, 1.82) is 0 Å². The predicted molar refractivity (Wildman–Crippen MR) is 70.1 cm³/mol. The van der Waals surface area contributed by atoms with Gasteiger partial charge in [0.1, 0.15) is 0 Å². The molecule has 0 amide bonds. The van der Waals surface area contributed by atoms with Crippen LogP contribution >= 0.6 is 0 Å². The molecular formula is C14H16F3N3. The van der Waals surface area contributed by atoms with Crippen molar-refractivity contribution < 1.29 is 13.2 Å². The van der Waals surface area contributed by atoms with Crippen LogP contribution in [0.2, 0.25) is 0 Å². The standard InChI is InChI=1S/C14H16F3N3/c1-10(7-14(15,16)17)20-9-19-8-12(20)13(18)11-5-3-2-4-6-11/h2-6,8-10,13H,7,18H2,1H3. The molecule has 2 rings (SSSR count). The molecule has 2 N–H and O–H groups in total. The van der Waals surface area contributed by atoms with Crippen molar-refractivity contribution in [3.63, 3.8) is 0 Å². The van der Waals surface area contributed by atoms with E-state index in [4.69, 9.17) is 5.73 Å². The molecule has 0 saturated heterocycles. The number of nitrogens with zero attached hydrogens (tertiary/aromatic N) is 2. The average Bonchev–Trinajstić information content (AvgIpc) is 2.86. The quantitative estimate of drug-likeness (QED) is 0.934. The first kappa shape index (κ1) is 14.6. The molecule has 0 fully saturated rings. The van der Waals surface area contributed by atoms with Gasteiger partial charge in [-0.1, -0.05) is 30.3 Å². The SMILES string of the molecule is CC(CC(F)(F)F)n1cncc1C(N)c1ccccc1. The molecule has 0 aliphatic carbocycles. The van der Waals surface area contributed by atoms with Crippen molar-refractivity contribution in [2.45, 2.75) is 31.6 Å². The third-order valence-corrected chi connectivity index (χ3v) is 3.18. The van der Waals surface area contributed by atoms with Crippen LogP contribution in [-0.4, -0.2) is 15.7 Å². The number of rotatable bonds is 4. The number of benzene rings is 1. The smallest absolute Gasteiger partial charge is 0.330 e. The summed E-state index contributed by atoms with van der Waals surface area (Å²) in [6, 6.07) is 8.01. The molecule has 2 atom stereocenters. The largest absolute Gasteiger partial charge is 0.391 e. The van der Waals surface area contributed by atoms with Crippen LogP contribution in [0.4, 0.5) is 13.2 Å². The first-order valence-corrected chi connectivity index (χ1v) is 6.27. The van der Waals surface area contributed by atoms with E-state index in [1.54, 1.807) is 0 Å². The van der Waals surface area contributed by atoms with Gasteiger partial charge in [0.2, 0.25) is 0 Å². The summed E-state index contributed by atoms with van der Waals surface area (Å²) in [4.78, 5) is 3.94. The molecule has 0 aliphatic rings. The molecule has 0 radical (unpaired) electrons. The Balaban J connectivity index is 2.24. The number of nitrogens with two attached hydrogens (primary N) is 1. The lowest BCUT2D eigenvalue weighted by Gasteiger charge is -2.21. The summed E-state index contributed by atoms with van der Waals surface area (Å²) in [5.41, 5.74) is 7.54. The Morgan fingerprint density at radius 3 is 2.50 bits per heavy atom. The molecule has 6 heteroatoms. The van der Waals surface area contributed by atoms with Crippen LogP contribution in [0.1, 0.15) is 36.7 Å². The van der Waals surface area contributed by atoms with Gasteiger partial charge in [-0.25, -0.2) is 4.98 Å². The Hall–Kier alpha value is -1.82. The molecule has 1 aromatic heterocycles. The number of halogens is 3. The molecule has 1 aromatic carbocycles. The molecule has 108 valence electrons.